The highest BCUT2D eigenvalue weighted by atomic mass is 32.2. The monoisotopic (exact) mass is 434 g/mol. The van der Waals surface area contributed by atoms with Crippen molar-refractivity contribution in [3.8, 4) is 0 Å². The zero-order chi connectivity index (χ0) is 19.6. The number of carboxylic acids is 1. The third kappa shape index (κ3) is 3.92. The first-order chi connectivity index (χ1) is 12.2. The number of hydrogen-bond donors (Lipinski definition) is 1. The zero-order valence-corrected chi connectivity index (χ0v) is 17.0. The van der Waals surface area contributed by atoms with Gasteiger partial charge in [0.1, 0.15) is 21.2 Å². The van der Waals surface area contributed by atoms with Crippen molar-refractivity contribution in [2.45, 2.75) is 26.3 Å². The van der Waals surface area contributed by atoms with Crippen LogP contribution in [0, 0.1) is 0 Å². The first kappa shape index (κ1) is 20.8. The van der Waals surface area contributed by atoms with Gasteiger partial charge in [0.2, 0.25) is 0 Å². The number of carboxylic acid groups (broad SMARTS) is 1. The maximum atomic E-state index is 12.7. The molecule has 0 aliphatic carbocycles. The molecule has 2 amide bonds. The maximum absolute atomic E-state index is 12.7. The van der Waals surface area contributed by atoms with E-state index >= 15 is 0 Å². The molecular weight excluding hydrogens is 420 g/mol. The largest absolute Gasteiger partial charge is 0.480 e. The molecule has 12 heteroatoms. The summed E-state index contributed by atoms with van der Waals surface area (Å²) in [5.74, 6) is -3.04. The van der Waals surface area contributed by atoms with Crippen LogP contribution in [0.5, 0.6) is 0 Å². The Balaban J connectivity index is 2.30. The molecule has 0 spiro atoms. The quantitative estimate of drug-likeness (QED) is 0.374. The van der Waals surface area contributed by atoms with Gasteiger partial charge < -0.3 is 9.84 Å². The lowest BCUT2D eigenvalue weighted by atomic mass is 10.2. The van der Waals surface area contributed by atoms with E-state index in [9.17, 15) is 24.3 Å². The molecule has 0 aromatic rings. The molecule has 0 bridgehead atoms. The Bertz CT molecular complexity index is 750. The van der Waals surface area contributed by atoms with Crippen LogP contribution in [0.2, 0.25) is 0 Å². The molecule has 140 valence electrons. The molecule has 2 rings (SSSR count). The predicted octanol–water partition coefficient (Wildman–Crippen LogP) is 1.34. The summed E-state index contributed by atoms with van der Waals surface area (Å²) < 4.78 is 4.99. The van der Waals surface area contributed by atoms with Crippen LogP contribution in [0.4, 0.5) is 0 Å². The molecular formula is C14H14N2O6S4. The summed E-state index contributed by atoms with van der Waals surface area (Å²) in [7, 11) is 0. The Morgan fingerprint density at radius 2 is 1.69 bits per heavy atom. The van der Waals surface area contributed by atoms with Crippen LogP contribution in [0.1, 0.15) is 20.3 Å². The van der Waals surface area contributed by atoms with Crippen LogP contribution >= 0.6 is 48.0 Å². The van der Waals surface area contributed by atoms with Gasteiger partial charge in [-0.05, 0) is 13.3 Å². The van der Waals surface area contributed by atoms with Crippen LogP contribution < -0.4 is 0 Å². The molecule has 1 N–H and O–H groups in total. The van der Waals surface area contributed by atoms with Gasteiger partial charge in [-0.1, -0.05) is 54.9 Å². The van der Waals surface area contributed by atoms with Gasteiger partial charge in [-0.3, -0.25) is 24.2 Å². The highest BCUT2D eigenvalue weighted by Crippen LogP contribution is 2.42. The molecule has 2 aliphatic rings. The van der Waals surface area contributed by atoms with Gasteiger partial charge in [-0.15, -0.1) is 0 Å². The third-order valence-electron chi connectivity index (χ3n) is 3.43. The molecule has 0 saturated carbocycles. The second kappa shape index (κ2) is 8.46. The lowest BCUT2D eigenvalue weighted by Gasteiger charge is -2.21. The lowest BCUT2D eigenvalue weighted by Crippen LogP contribution is -2.43. The summed E-state index contributed by atoms with van der Waals surface area (Å²) in [6.45, 7) is 3.07. The Labute approximate surface area is 168 Å². The number of thiocarbonyl (C=S) groups is 2. The number of hydrogen-bond acceptors (Lipinski definition) is 9. The van der Waals surface area contributed by atoms with E-state index in [-0.39, 0.29) is 38.0 Å². The first-order valence-electron chi connectivity index (χ1n) is 7.44. The highest BCUT2D eigenvalue weighted by Gasteiger charge is 2.45. The average Bonchev–Trinajstić information content (AvgIpc) is 3.00. The van der Waals surface area contributed by atoms with Gasteiger partial charge in [0, 0.05) is 0 Å². The number of thioether (sulfide) groups is 2. The molecule has 1 unspecified atom stereocenters. The van der Waals surface area contributed by atoms with E-state index in [0.717, 1.165) is 33.3 Å². The molecule has 1 atom stereocenters. The topological polar surface area (TPSA) is 104 Å². The molecule has 2 heterocycles. The van der Waals surface area contributed by atoms with Crippen LogP contribution in [0.15, 0.2) is 9.81 Å². The van der Waals surface area contributed by atoms with Crippen molar-refractivity contribution >= 4 is 80.4 Å². The number of ether oxygens (including phenoxy) is 1. The van der Waals surface area contributed by atoms with Crippen LogP contribution in [0.25, 0.3) is 0 Å². The number of aliphatic carboxylic acids is 1. The van der Waals surface area contributed by atoms with Crippen molar-refractivity contribution in [3.63, 3.8) is 0 Å². The smallest absolute Gasteiger partial charge is 0.326 e. The summed E-state index contributed by atoms with van der Waals surface area (Å²) in [5.41, 5.74) is 0. The number of rotatable bonds is 6. The molecule has 0 aromatic heterocycles. The van der Waals surface area contributed by atoms with Crippen molar-refractivity contribution in [1.29, 1.82) is 0 Å². The average molecular weight is 435 g/mol. The van der Waals surface area contributed by atoms with E-state index in [1.165, 1.54) is 0 Å². The second-order valence-corrected chi connectivity index (χ2v) is 8.32. The van der Waals surface area contributed by atoms with Crippen LogP contribution in [0.3, 0.4) is 0 Å². The van der Waals surface area contributed by atoms with Gasteiger partial charge >= 0.3 is 11.9 Å². The fourth-order valence-corrected chi connectivity index (χ4v) is 5.03. The summed E-state index contributed by atoms with van der Waals surface area (Å²) in [6, 6.07) is -1.11. The number of carbonyl (C=O) groups excluding carboxylic acids is 3. The minimum absolute atomic E-state index is 0.0263. The van der Waals surface area contributed by atoms with E-state index in [4.69, 9.17) is 29.2 Å². The summed E-state index contributed by atoms with van der Waals surface area (Å²) in [4.78, 5) is 50.3. The SMILES string of the molecule is CCOC(=O)CN1C(=O)C(=C2SC(=S)N(C(CC)C(=O)O)C2=O)SC1=S. The van der Waals surface area contributed by atoms with Gasteiger partial charge in [-0.25, -0.2) is 4.79 Å². The molecule has 2 fully saturated rings. The molecule has 2 aliphatic heterocycles. The second-order valence-electron chi connectivity index (χ2n) is 5.03. The van der Waals surface area contributed by atoms with E-state index in [1.54, 1.807) is 13.8 Å². The predicted molar refractivity (Wildman–Crippen MR) is 104 cm³/mol. The molecule has 2 saturated heterocycles. The Hall–Kier alpha value is -1.50. The van der Waals surface area contributed by atoms with E-state index in [1.807, 2.05) is 0 Å². The fraction of sp³-hybridized carbons (Fsp3) is 0.429. The van der Waals surface area contributed by atoms with Crippen LogP contribution in [-0.2, 0) is 23.9 Å². The maximum Gasteiger partial charge on any atom is 0.326 e. The number of esters is 1. The minimum Gasteiger partial charge on any atom is -0.480 e. The highest BCUT2D eigenvalue weighted by molar-refractivity contribution is 8.29. The number of nitrogens with zero attached hydrogens (tertiary/aromatic N) is 2. The van der Waals surface area contributed by atoms with Gasteiger partial charge in [-0.2, -0.15) is 0 Å². The van der Waals surface area contributed by atoms with Crippen LogP contribution in [-0.4, -0.2) is 66.5 Å². The third-order valence-corrected chi connectivity index (χ3v) is 6.41. The normalized spacial score (nSPS) is 21.6. The Kier molecular flexibility index (Phi) is 6.77. The van der Waals surface area contributed by atoms with E-state index in [2.05, 4.69) is 0 Å². The van der Waals surface area contributed by atoms with E-state index < -0.39 is 29.8 Å². The Morgan fingerprint density at radius 1 is 1.12 bits per heavy atom. The van der Waals surface area contributed by atoms with Crippen molar-refractivity contribution in [1.82, 2.24) is 9.80 Å². The lowest BCUT2D eigenvalue weighted by molar-refractivity contribution is -0.146. The summed E-state index contributed by atoms with van der Waals surface area (Å²) in [5, 5.41) is 9.28. The van der Waals surface area contributed by atoms with Gasteiger partial charge in [0.25, 0.3) is 11.8 Å². The van der Waals surface area contributed by atoms with E-state index in [0.29, 0.717) is 0 Å². The summed E-state index contributed by atoms with van der Waals surface area (Å²) >= 11 is 12.0. The number of amides is 2. The Morgan fingerprint density at radius 3 is 2.23 bits per heavy atom. The fourth-order valence-electron chi connectivity index (χ4n) is 2.26. The van der Waals surface area contributed by atoms with Crippen molar-refractivity contribution in [2.24, 2.45) is 0 Å². The van der Waals surface area contributed by atoms with Crippen molar-refractivity contribution in [3.05, 3.63) is 9.81 Å². The molecule has 26 heavy (non-hydrogen) atoms. The van der Waals surface area contributed by atoms with Crippen molar-refractivity contribution < 1.29 is 29.0 Å². The molecule has 8 nitrogen and oxygen atoms in total. The zero-order valence-electron chi connectivity index (χ0n) is 13.7. The van der Waals surface area contributed by atoms with Gasteiger partial charge in [0.05, 0.1) is 16.4 Å². The van der Waals surface area contributed by atoms with Crippen molar-refractivity contribution in [2.75, 3.05) is 13.2 Å². The molecule has 0 radical (unpaired) electrons. The molecule has 0 aromatic carbocycles. The summed E-state index contributed by atoms with van der Waals surface area (Å²) in [6.07, 6.45) is 0.166. The first-order valence-corrected chi connectivity index (χ1v) is 9.89. The number of carbonyl (C=O) groups is 4. The minimum atomic E-state index is -1.18. The standard InChI is InChI=1S/C14H14N2O6S4/c1-3-6(12(20)21)16-11(19)9(26-14(16)24)8-10(18)15(13(23)25-8)5-7(17)22-4-2/h6H,3-5H2,1-2H3,(H,20,21). The van der Waals surface area contributed by atoms with Gasteiger partial charge in [0.15, 0.2) is 0 Å².